The Balaban J connectivity index is 2.27. The Labute approximate surface area is 143 Å². The molecule has 128 valence electrons. The lowest BCUT2D eigenvalue weighted by Crippen LogP contribution is -2.25. The predicted molar refractivity (Wildman–Crippen MR) is 91.9 cm³/mol. The van der Waals surface area contributed by atoms with Crippen LogP contribution < -0.4 is 4.74 Å². The highest BCUT2D eigenvalue weighted by molar-refractivity contribution is 6.30. The van der Waals surface area contributed by atoms with Crippen LogP contribution in [0.25, 0.3) is 0 Å². The molecular formula is C18H25ClO4. The number of carbonyl (C=O) groups excluding carboxylic acids is 1. The smallest absolute Gasteiger partial charge is 0.334 e. The molecule has 0 aliphatic heterocycles. The highest BCUT2D eigenvalue weighted by Gasteiger charge is 2.14. The second-order valence-corrected chi connectivity index (χ2v) is 6.23. The summed E-state index contributed by atoms with van der Waals surface area (Å²) in [4.78, 5) is 11.7. The molecule has 0 amide bonds. The third-order valence-electron chi connectivity index (χ3n) is 2.95. The minimum atomic E-state index is -0.574. The lowest BCUT2D eigenvalue weighted by Gasteiger charge is -2.13. The Morgan fingerprint density at radius 2 is 1.87 bits per heavy atom. The number of rotatable bonds is 9. The summed E-state index contributed by atoms with van der Waals surface area (Å²) in [6.07, 6.45) is 1.32. The molecule has 23 heavy (non-hydrogen) atoms. The molecule has 0 spiro atoms. The van der Waals surface area contributed by atoms with Crippen molar-refractivity contribution in [2.75, 3.05) is 19.8 Å². The largest absolute Gasteiger partial charge is 0.489 e. The average molecular weight is 341 g/mol. The summed E-state index contributed by atoms with van der Waals surface area (Å²) < 4.78 is 16.2. The second kappa shape index (κ2) is 10.3. The van der Waals surface area contributed by atoms with E-state index in [-0.39, 0.29) is 5.97 Å². The summed E-state index contributed by atoms with van der Waals surface area (Å²) in [5.41, 5.74) is 1.02. The summed E-state index contributed by atoms with van der Waals surface area (Å²) in [5, 5.41) is 0.677. The second-order valence-electron chi connectivity index (χ2n) is 5.79. The molecule has 0 aliphatic rings. The van der Waals surface area contributed by atoms with Crippen LogP contribution in [0, 0.1) is 5.92 Å². The van der Waals surface area contributed by atoms with Crippen molar-refractivity contribution in [1.82, 2.24) is 0 Å². The van der Waals surface area contributed by atoms with Crippen LogP contribution in [0.2, 0.25) is 5.02 Å². The van der Waals surface area contributed by atoms with Gasteiger partial charge in [0.1, 0.15) is 12.4 Å². The number of carbonyl (C=O) groups is 1. The average Bonchev–Trinajstić information content (AvgIpc) is 2.51. The molecule has 1 atom stereocenters. The topological polar surface area (TPSA) is 44.8 Å². The van der Waals surface area contributed by atoms with Crippen molar-refractivity contribution < 1.29 is 19.0 Å². The van der Waals surface area contributed by atoms with Crippen LogP contribution >= 0.6 is 11.6 Å². The molecule has 1 rings (SSSR count). The van der Waals surface area contributed by atoms with Gasteiger partial charge >= 0.3 is 5.97 Å². The van der Waals surface area contributed by atoms with E-state index in [0.717, 1.165) is 11.3 Å². The van der Waals surface area contributed by atoms with Gasteiger partial charge in [0.05, 0.1) is 13.2 Å². The minimum Gasteiger partial charge on any atom is -0.489 e. The molecule has 1 aromatic carbocycles. The van der Waals surface area contributed by atoms with Crippen molar-refractivity contribution in [2.45, 2.75) is 33.8 Å². The first kappa shape index (κ1) is 19.5. The van der Waals surface area contributed by atoms with Crippen molar-refractivity contribution in [3.63, 3.8) is 0 Å². The Kier molecular flexibility index (Phi) is 8.74. The Morgan fingerprint density at radius 3 is 2.48 bits per heavy atom. The molecule has 0 N–H and O–H groups in total. The zero-order chi connectivity index (χ0) is 17.2. The highest BCUT2D eigenvalue weighted by atomic mass is 35.5. The van der Waals surface area contributed by atoms with Gasteiger partial charge in [0.2, 0.25) is 0 Å². The van der Waals surface area contributed by atoms with Crippen LogP contribution in [0.4, 0.5) is 0 Å². The molecular weight excluding hydrogens is 316 g/mol. The van der Waals surface area contributed by atoms with Crippen molar-refractivity contribution in [1.29, 1.82) is 0 Å². The van der Waals surface area contributed by atoms with Crippen molar-refractivity contribution >= 4 is 17.6 Å². The van der Waals surface area contributed by atoms with E-state index in [0.29, 0.717) is 30.8 Å². The first-order chi connectivity index (χ1) is 10.9. The first-order valence-electron chi connectivity index (χ1n) is 7.70. The number of esters is 1. The maximum absolute atomic E-state index is 11.7. The molecule has 0 radical (unpaired) electrons. The van der Waals surface area contributed by atoms with Gasteiger partial charge < -0.3 is 14.2 Å². The third kappa shape index (κ3) is 8.62. The Hall–Kier alpha value is -1.52. The van der Waals surface area contributed by atoms with E-state index in [1.54, 1.807) is 19.1 Å². The van der Waals surface area contributed by atoms with Crippen molar-refractivity contribution in [2.24, 2.45) is 5.92 Å². The predicted octanol–water partition coefficient (Wildman–Crippen LogP) is 4.27. The fourth-order valence-corrected chi connectivity index (χ4v) is 1.68. The summed E-state index contributed by atoms with van der Waals surface area (Å²) in [6, 6.07) is 7.20. The van der Waals surface area contributed by atoms with Crippen molar-refractivity contribution in [3.8, 4) is 5.75 Å². The zero-order valence-corrected chi connectivity index (χ0v) is 14.9. The van der Waals surface area contributed by atoms with Gasteiger partial charge in [-0.05, 0) is 49.6 Å². The van der Waals surface area contributed by atoms with Crippen LogP contribution in [0.1, 0.15) is 27.7 Å². The number of benzene rings is 1. The summed E-state index contributed by atoms with van der Waals surface area (Å²) in [6.45, 7) is 8.83. The number of halogens is 1. The lowest BCUT2D eigenvalue weighted by molar-refractivity contribution is -0.156. The molecule has 5 heteroatoms. The molecule has 0 aromatic heterocycles. The third-order valence-corrected chi connectivity index (χ3v) is 3.20. The monoisotopic (exact) mass is 340 g/mol. The summed E-state index contributed by atoms with van der Waals surface area (Å²) in [5.74, 6) is 0.745. The van der Waals surface area contributed by atoms with Crippen LogP contribution in [0.3, 0.4) is 0 Å². The lowest BCUT2D eigenvalue weighted by atomic mass is 10.2. The number of hydrogen-bond acceptors (Lipinski definition) is 4. The first-order valence-corrected chi connectivity index (χ1v) is 8.08. The van der Waals surface area contributed by atoms with Gasteiger partial charge in [-0.25, -0.2) is 4.79 Å². The molecule has 1 unspecified atom stereocenters. The van der Waals surface area contributed by atoms with Gasteiger partial charge in [-0.1, -0.05) is 31.5 Å². The molecule has 1 aromatic rings. The molecule has 0 aliphatic carbocycles. The summed E-state index contributed by atoms with van der Waals surface area (Å²) in [7, 11) is 0. The molecule has 4 nitrogen and oxygen atoms in total. The van der Waals surface area contributed by atoms with E-state index in [9.17, 15) is 4.79 Å². The van der Waals surface area contributed by atoms with Gasteiger partial charge in [0.15, 0.2) is 6.10 Å². The molecule has 0 heterocycles. The van der Waals surface area contributed by atoms with E-state index in [4.69, 9.17) is 25.8 Å². The van der Waals surface area contributed by atoms with Gasteiger partial charge in [-0.3, -0.25) is 0 Å². The minimum absolute atomic E-state index is 0.318. The molecule has 0 fully saturated rings. The normalized spacial score (nSPS) is 13.0. The van der Waals surface area contributed by atoms with Crippen LogP contribution in [0.5, 0.6) is 5.75 Å². The highest BCUT2D eigenvalue weighted by Crippen LogP contribution is 2.16. The molecule has 0 saturated carbocycles. The van der Waals surface area contributed by atoms with Gasteiger partial charge in [-0.2, -0.15) is 0 Å². The fourth-order valence-electron chi connectivity index (χ4n) is 1.56. The van der Waals surface area contributed by atoms with E-state index in [1.165, 1.54) is 0 Å². The van der Waals surface area contributed by atoms with Crippen LogP contribution in [0.15, 0.2) is 35.9 Å². The summed E-state index contributed by atoms with van der Waals surface area (Å²) >= 11 is 5.82. The Bertz CT molecular complexity index is 508. The van der Waals surface area contributed by atoms with Gasteiger partial charge in [0.25, 0.3) is 0 Å². The molecule has 0 bridgehead atoms. The Morgan fingerprint density at radius 1 is 1.22 bits per heavy atom. The molecule has 0 saturated heterocycles. The quantitative estimate of drug-likeness (QED) is 0.497. The SMILES string of the molecule is CC(=CCOC(C)C(=O)OCC(C)C)COc1ccc(Cl)cc1. The van der Waals surface area contributed by atoms with Crippen LogP contribution in [-0.4, -0.2) is 31.9 Å². The number of ether oxygens (including phenoxy) is 3. The van der Waals surface area contributed by atoms with E-state index < -0.39 is 6.10 Å². The van der Waals surface area contributed by atoms with Gasteiger partial charge in [0, 0.05) is 5.02 Å². The number of hydrogen-bond donors (Lipinski definition) is 0. The maximum atomic E-state index is 11.7. The standard InChI is InChI=1S/C18H25ClO4/c1-13(2)11-23-18(20)15(4)21-10-9-14(3)12-22-17-7-5-16(19)6-8-17/h5-9,13,15H,10-12H2,1-4H3. The fraction of sp³-hybridized carbons (Fsp3) is 0.500. The maximum Gasteiger partial charge on any atom is 0.334 e. The van der Waals surface area contributed by atoms with E-state index in [1.807, 2.05) is 39.0 Å². The van der Waals surface area contributed by atoms with E-state index >= 15 is 0 Å². The van der Waals surface area contributed by atoms with E-state index in [2.05, 4.69) is 0 Å². The zero-order valence-electron chi connectivity index (χ0n) is 14.2. The van der Waals surface area contributed by atoms with Gasteiger partial charge in [-0.15, -0.1) is 0 Å². The van der Waals surface area contributed by atoms with Crippen LogP contribution in [-0.2, 0) is 14.3 Å². The van der Waals surface area contributed by atoms with Crippen molar-refractivity contribution in [3.05, 3.63) is 40.9 Å².